The molecule has 1 unspecified atom stereocenters. The predicted octanol–water partition coefficient (Wildman–Crippen LogP) is 1.40. The molecule has 2 heterocycles. The van der Waals surface area contributed by atoms with Gasteiger partial charge in [-0.3, -0.25) is 0 Å². The van der Waals surface area contributed by atoms with Gasteiger partial charge in [-0.25, -0.2) is 8.42 Å². The van der Waals surface area contributed by atoms with Crippen LogP contribution >= 0.6 is 15.9 Å². The molecule has 7 heteroatoms. The summed E-state index contributed by atoms with van der Waals surface area (Å²) in [6, 6.07) is 3.03. The highest BCUT2D eigenvalue weighted by Gasteiger charge is 2.40. The normalized spacial score (nSPS) is 26.5. The van der Waals surface area contributed by atoms with Gasteiger partial charge < -0.3 is 10.2 Å². The molecule has 5 nitrogen and oxygen atoms in total. The van der Waals surface area contributed by atoms with Gasteiger partial charge in [-0.2, -0.15) is 4.31 Å². The van der Waals surface area contributed by atoms with Crippen molar-refractivity contribution in [2.45, 2.75) is 18.4 Å². The van der Waals surface area contributed by atoms with E-state index in [2.05, 4.69) is 15.9 Å². The van der Waals surface area contributed by atoms with Crippen molar-refractivity contribution in [3.8, 4) is 0 Å². The molecule has 0 spiro atoms. The fraction of sp³-hybridized carbons (Fsp3) is 0.600. The molecule has 1 fully saturated rings. The molecule has 0 bridgehead atoms. The third kappa shape index (κ3) is 2.42. The molecule has 0 amide bonds. The van der Waals surface area contributed by atoms with Crippen molar-refractivity contribution in [2.75, 3.05) is 19.6 Å². The molecule has 1 atom stereocenters. The smallest absolute Gasteiger partial charge is 0.276 e. The molecular weight excluding hydrogens is 308 g/mol. The van der Waals surface area contributed by atoms with Crippen molar-refractivity contribution < 1.29 is 12.8 Å². The van der Waals surface area contributed by atoms with E-state index in [0.29, 0.717) is 24.3 Å². The van der Waals surface area contributed by atoms with Crippen LogP contribution in [0.2, 0.25) is 0 Å². The van der Waals surface area contributed by atoms with Crippen LogP contribution in [-0.4, -0.2) is 32.4 Å². The highest BCUT2D eigenvalue weighted by molar-refractivity contribution is 9.10. The molecule has 1 aliphatic heterocycles. The van der Waals surface area contributed by atoms with Gasteiger partial charge in [0.15, 0.2) is 4.67 Å². The lowest BCUT2D eigenvalue weighted by Crippen LogP contribution is -2.34. The second-order valence-corrected chi connectivity index (χ2v) is 7.31. The van der Waals surface area contributed by atoms with Crippen LogP contribution in [-0.2, 0) is 10.0 Å². The number of halogens is 1. The molecule has 1 aromatic rings. The third-order valence-corrected chi connectivity index (χ3v) is 5.30. The minimum atomic E-state index is -3.52. The van der Waals surface area contributed by atoms with Crippen molar-refractivity contribution in [3.63, 3.8) is 0 Å². The zero-order chi connectivity index (χ0) is 12.7. The Morgan fingerprint density at radius 3 is 2.76 bits per heavy atom. The maximum absolute atomic E-state index is 12.2. The molecule has 0 aliphatic carbocycles. The Morgan fingerprint density at radius 2 is 2.29 bits per heavy atom. The minimum absolute atomic E-state index is 0.0225. The van der Waals surface area contributed by atoms with Crippen molar-refractivity contribution in [1.29, 1.82) is 0 Å². The summed E-state index contributed by atoms with van der Waals surface area (Å²) in [4.78, 5) is 0. The highest BCUT2D eigenvalue weighted by Crippen LogP contribution is 2.33. The second-order valence-electron chi connectivity index (χ2n) is 4.66. The SMILES string of the molecule is CC1(CN)CCN(S(=O)(=O)c2ccc(Br)o2)C1. The fourth-order valence-electron chi connectivity index (χ4n) is 1.91. The summed E-state index contributed by atoms with van der Waals surface area (Å²) in [6.07, 6.45) is 0.782. The van der Waals surface area contributed by atoms with Crippen molar-refractivity contribution in [1.82, 2.24) is 4.31 Å². The molecule has 17 heavy (non-hydrogen) atoms. The van der Waals surface area contributed by atoms with Gasteiger partial charge in [0.05, 0.1) is 0 Å². The molecular formula is C10H15BrN2O3S. The van der Waals surface area contributed by atoms with Gasteiger partial charge >= 0.3 is 0 Å². The summed E-state index contributed by atoms with van der Waals surface area (Å²) in [6.45, 7) is 3.43. The number of nitrogens with zero attached hydrogens (tertiary/aromatic N) is 1. The van der Waals surface area contributed by atoms with Gasteiger partial charge in [-0.05, 0) is 46.4 Å². The summed E-state index contributed by atoms with van der Waals surface area (Å²) < 4.78 is 31.4. The number of hydrogen-bond donors (Lipinski definition) is 1. The maximum Gasteiger partial charge on any atom is 0.276 e. The first-order valence-electron chi connectivity index (χ1n) is 5.33. The Labute approximate surface area is 109 Å². The third-order valence-electron chi connectivity index (χ3n) is 3.16. The summed E-state index contributed by atoms with van der Waals surface area (Å²) in [5.74, 6) is 0. The van der Waals surface area contributed by atoms with Crippen LogP contribution in [0.4, 0.5) is 0 Å². The monoisotopic (exact) mass is 322 g/mol. The van der Waals surface area contributed by atoms with E-state index in [1.807, 2.05) is 6.92 Å². The number of rotatable bonds is 3. The fourth-order valence-corrected chi connectivity index (χ4v) is 3.83. The van der Waals surface area contributed by atoms with Gasteiger partial charge in [-0.15, -0.1) is 0 Å². The van der Waals surface area contributed by atoms with E-state index in [4.69, 9.17) is 10.2 Å². The Hall–Kier alpha value is -0.370. The Kier molecular flexibility index (Phi) is 3.37. The topological polar surface area (TPSA) is 76.5 Å². The minimum Gasteiger partial charge on any atom is -0.437 e. The number of sulfonamides is 1. The van der Waals surface area contributed by atoms with E-state index in [1.54, 1.807) is 6.07 Å². The van der Waals surface area contributed by atoms with E-state index < -0.39 is 10.0 Å². The highest BCUT2D eigenvalue weighted by atomic mass is 79.9. The summed E-state index contributed by atoms with van der Waals surface area (Å²) in [5, 5.41) is -0.0225. The number of nitrogens with two attached hydrogens (primary N) is 1. The van der Waals surface area contributed by atoms with Crippen LogP contribution in [0.1, 0.15) is 13.3 Å². The number of furan rings is 1. The van der Waals surface area contributed by atoms with Gasteiger partial charge in [0.25, 0.3) is 10.0 Å². The first kappa shape index (κ1) is 13.1. The molecule has 2 rings (SSSR count). The van der Waals surface area contributed by atoms with Crippen LogP contribution in [0.5, 0.6) is 0 Å². The van der Waals surface area contributed by atoms with Crippen LogP contribution in [0.3, 0.4) is 0 Å². The van der Waals surface area contributed by atoms with Crippen LogP contribution < -0.4 is 5.73 Å². The second kappa shape index (κ2) is 4.38. The lowest BCUT2D eigenvalue weighted by atomic mass is 9.90. The van der Waals surface area contributed by atoms with Gasteiger partial charge in [0, 0.05) is 13.1 Å². The quantitative estimate of drug-likeness (QED) is 0.912. The van der Waals surface area contributed by atoms with Gasteiger partial charge in [-0.1, -0.05) is 6.92 Å². The predicted molar refractivity (Wildman–Crippen MR) is 66.9 cm³/mol. The zero-order valence-electron chi connectivity index (χ0n) is 9.52. The average molecular weight is 323 g/mol. The van der Waals surface area contributed by atoms with E-state index in [9.17, 15) is 8.42 Å². The van der Waals surface area contributed by atoms with Crippen molar-refractivity contribution in [2.24, 2.45) is 11.1 Å². The first-order chi connectivity index (χ1) is 7.87. The number of hydrogen-bond acceptors (Lipinski definition) is 4. The van der Waals surface area contributed by atoms with E-state index >= 15 is 0 Å². The molecule has 1 aliphatic rings. The zero-order valence-corrected chi connectivity index (χ0v) is 11.9. The summed E-state index contributed by atoms with van der Waals surface area (Å²) >= 11 is 3.10. The van der Waals surface area contributed by atoms with E-state index in [-0.39, 0.29) is 10.5 Å². The van der Waals surface area contributed by atoms with Gasteiger partial charge in [0.1, 0.15) is 0 Å². The van der Waals surface area contributed by atoms with Crippen LogP contribution in [0.25, 0.3) is 0 Å². The molecule has 1 aromatic heterocycles. The summed E-state index contributed by atoms with van der Waals surface area (Å²) in [7, 11) is -3.52. The molecule has 96 valence electrons. The van der Waals surface area contributed by atoms with Crippen LogP contribution in [0, 0.1) is 5.41 Å². The van der Waals surface area contributed by atoms with E-state index in [1.165, 1.54) is 10.4 Å². The lowest BCUT2D eigenvalue weighted by molar-refractivity contribution is 0.342. The Bertz CT molecular complexity index is 513. The average Bonchev–Trinajstić information content (AvgIpc) is 2.86. The van der Waals surface area contributed by atoms with E-state index in [0.717, 1.165) is 6.42 Å². The maximum atomic E-state index is 12.2. The molecule has 0 aromatic carbocycles. The van der Waals surface area contributed by atoms with Crippen molar-refractivity contribution in [3.05, 3.63) is 16.8 Å². The standard InChI is InChI=1S/C10H15BrN2O3S/c1-10(6-12)4-5-13(7-10)17(14,15)9-3-2-8(11)16-9/h2-3H,4-7,12H2,1H3. The Balaban J connectivity index is 2.24. The molecule has 0 radical (unpaired) electrons. The first-order valence-corrected chi connectivity index (χ1v) is 7.56. The molecule has 1 saturated heterocycles. The summed E-state index contributed by atoms with van der Waals surface area (Å²) in [5.41, 5.74) is 5.54. The Morgan fingerprint density at radius 1 is 1.59 bits per heavy atom. The molecule has 0 saturated carbocycles. The van der Waals surface area contributed by atoms with Crippen molar-refractivity contribution >= 4 is 26.0 Å². The largest absolute Gasteiger partial charge is 0.437 e. The lowest BCUT2D eigenvalue weighted by Gasteiger charge is -2.21. The van der Waals surface area contributed by atoms with Crippen LogP contribution in [0.15, 0.2) is 26.3 Å². The van der Waals surface area contributed by atoms with Gasteiger partial charge in [0.2, 0.25) is 5.09 Å². The molecule has 2 N–H and O–H groups in total.